The number of rotatable bonds is 8. The Morgan fingerprint density at radius 1 is 1.16 bits per heavy atom. The summed E-state index contributed by atoms with van der Waals surface area (Å²) in [6, 6.07) is 0. The van der Waals surface area contributed by atoms with Crippen LogP contribution in [0.25, 0.3) is 0 Å². The van der Waals surface area contributed by atoms with Gasteiger partial charge in [0.05, 0.1) is 6.10 Å². The van der Waals surface area contributed by atoms with Gasteiger partial charge in [0.25, 0.3) is 0 Å². The summed E-state index contributed by atoms with van der Waals surface area (Å²) in [6.45, 7) is 7.26. The molecule has 0 aromatic carbocycles. The summed E-state index contributed by atoms with van der Waals surface area (Å²) in [5.74, 6) is -1.49. The number of fused-ring (bicyclic) bond motifs is 5. The smallest absolute Gasteiger partial charge is 0.332 e. The maximum atomic E-state index is 13.8. The monoisotopic (exact) mass is 516 g/mol. The highest BCUT2D eigenvalue weighted by Gasteiger charge is 2.70. The second kappa shape index (κ2) is 10.1. The first kappa shape index (κ1) is 27.7. The van der Waals surface area contributed by atoms with Crippen molar-refractivity contribution < 1.29 is 38.5 Å². The van der Waals surface area contributed by atoms with Crippen LogP contribution in [-0.2, 0) is 33.4 Å². The Morgan fingerprint density at radius 3 is 2.57 bits per heavy atom. The molecule has 3 fully saturated rings. The molecule has 0 aliphatic heterocycles. The molecule has 0 radical (unpaired) electrons. The van der Waals surface area contributed by atoms with Gasteiger partial charge in [-0.15, -0.1) is 0 Å². The Hall–Kier alpha value is -2.32. The van der Waals surface area contributed by atoms with E-state index in [9.17, 15) is 24.3 Å². The van der Waals surface area contributed by atoms with Gasteiger partial charge < -0.3 is 19.3 Å². The van der Waals surface area contributed by atoms with E-state index in [2.05, 4.69) is 13.8 Å². The van der Waals surface area contributed by atoms with E-state index in [0.717, 1.165) is 12.0 Å². The van der Waals surface area contributed by atoms with Crippen molar-refractivity contribution >= 4 is 23.5 Å². The number of Topliss-reactive ketones (excluding diaryl/α,β-unsaturated/α-hetero) is 1. The van der Waals surface area contributed by atoms with Crippen LogP contribution in [0.5, 0.6) is 0 Å². The van der Waals surface area contributed by atoms with Crippen LogP contribution in [0.3, 0.4) is 0 Å². The molecule has 3 saturated carbocycles. The number of esters is 2. The van der Waals surface area contributed by atoms with E-state index >= 15 is 0 Å². The minimum absolute atomic E-state index is 0.0146. The molecule has 0 spiro atoms. The quantitative estimate of drug-likeness (QED) is 0.488. The average molecular weight is 517 g/mol. The largest absolute Gasteiger partial charge is 0.456 e. The Morgan fingerprint density at radius 2 is 1.89 bits per heavy atom. The third-order valence-electron chi connectivity index (χ3n) is 9.76. The molecular formula is C29H40O8. The van der Waals surface area contributed by atoms with Crippen molar-refractivity contribution in [2.75, 3.05) is 20.3 Å². The molecule has 0 aromatic rings. The molecular weight excluding hydrogens is 476 g/mol. The van der Waals surface area contributed by atoms with Crippen LogP contribution in [0, 0.1) is 34.5 Å². The lowest BCUT2D eigenvalue weighted by Gasteiger charge is -2.61. The number of allylic oxidation sites excluding steroid dienone is 4. The predicted molar refractivity (Wildman–Crippen MR) is 134 cm³/mol. The van der Waals surface area contributed by atoms with Crippen molar-refractivity contribution in [3.63, 3.8) is 0 Å². The molecule has 1 N–H and O–H groups in total. The standard InChI is InChI=1S/C29H40O8/c1-6-7-24(33)37-29(23(32)15-36-25(34)16-35-5)11-9-20-19-12-17(2)21-13-18(30)8-10-27(21,3)26(19)22(31)14-28(20,29)4/h8,10,13,17,19-20,22,26,31H,6-7,9,11-12,14-16H2,1-5H3/t17-,19-,20-,22-,26+,27-,28-,29-/m0/s1. The molecule has 0 unspecified atom stereocenters. The maximum Gasteiger partial charge on any atom is 0.332 e. The van der Waals surface area contributed by atoms with E-state index in [1.54, 1.807) is 12.2 Å². The fourth-order valence-electron chi connectivity index (χ4n) is 8.29. The minimum Gasteiger partial charge on any atom is -0.456 e. The lowest BCUT2D eigenvalue weighted by molar-refractivity contribution is -0.202. The van der Waals surface area contributed by atoms with Crippen molar-refractivity contribution in [1.82, 2.24) is 0 Å². The summed E-state index contributed by atoms with van der Waals surface area (Å²) < 4.78 is 16.0. The first-order chi connectivity index (χ1) is 17.4. The molecule has 0 saturated heterocycles. The van der Waals surface area contributed by atoms with Crippen LogP contribution in [0.2, 0.25) is 0 Å². The van der Waals surface area contributed by atoms with Gasteiger partial charge in [-0.3, -0.25) is 14.4 Å². The predicted octanol–water partition coefficient (Wildman–Crippen LogP) is 3.35. The van der Waals surface area contributed by atoms with Gasteiger partial charge in [-0.25, -0.2) is 4.79 Å². The van der Waals surface area contributed by atoms with Gasteiger partial charge in [-0.2, -0.15) is 0 Å². The number of carbonyl (C=O) groups is 4. The summed E-state index contributed by atoms with van der Waals surface area (Å²) in [6.07, 6.45) is 7.30. The fourth-order valence-corrected chi connectivity index (χ4v) is 8.29. The molecule has 4 aliphatic rings. The number of hydrogen-bond acceptors (Lipinski definition) is 8. The first-order valence-electron chi connectivity index (χ1n) is 13.5. The lowest BCUT2D eigenvalue weighted by Crippen LogP contribution is -2.63. The van der Waals surface area contributed by atoms with E-state index in [4.69, 9.17) is 14.2 Å². The zero-order valence-corrected chi connectivity index (χ0v) is 22.6. The Labute approximate surface area is 218 Å². The maximum absolute atomic E-state index is 13.8. The molecule has 8 nitrogen and oxygen atoms in total. The lowest BCUT2D eigenvalue weighted by atomic mass is 9.44. The van der Waals surface area contributed by atoms with Crippen molar-refractivity contribution in [2.45, 2.75) is 77.9 Å². The van der Waals surface area contributed by atoms with E-state index in [1.165, 1.54) is 7.11 Å². The first-order valence-corrected chi connectivity index (χ1v) is 13.5. The summed E-state index contributed by atoms with van der Waals surface area (Å²) in [5, 5.41) is 11.7. The van der Waals surface area contributed by atoms with E-state index < -0.39 is 46.9 Å². The normalized spacial score (nSPS) is 40.2. The number of ether oxygens (including phenoxy) is 3. The van der Waals surface area contributed by atoms with Crippen molar-refractivity contribution in [2.24, 2.45) is 34.5 Å². The molecule has 4 rings (SSSR count). The molecule has 8 atom stereocenters. The second-order valence-corrected chi connectivity index (χ2v) is 11.8. The zero-order chi connectivity index (χ0) is 27.2. The summed E-state index contributed by atoms with van der Waals surface area (Å²) >= 11 is 0. The Kier molecular flexibility index (Phi) is 7.56. The molecule has 0 bridgehead atoms. The van der Waals surface area contributed by atoms with Gasteiger partial charge in [0.15, 0.2) is 18.0 Å². The van der Waals surface area contributed by atoms with E-state index in [-0.39, 0.29) is 48.9 Å². The number of methoxy groups -OCH3 is 1. The zero-order valence-electron chi connectivity index (χ0n) is 22.6. The van der Waals surface area contributed by atoms with Crippen LogP contribution >= 0.6 is 0 Å². The fraction of sp³-hybridized carbons (Fsp3) is 0.724. The number of aliphatic hydroxyl groups excluding tert-OH is 1. The number of ketones is 2. The topological polar surface area (TPSA) is 116 Å². The minimum atomic E-state index is -1.48. The summed E-state index contributed by atoms with van der Waals surface area (Å²) in [7, 11) is 1.36. The van der Waals surface area contributed by atoms with Gasteiger partial charge in [0, 0.05) is 30.3 Å². The highest BCUT2D eigenvalue weighted by atomic mass is 16.6. The van der Waals surface area contributed by atoms with Gasteiger partial charge >= 0.3 is 11.9 Å². The molecule has 0 heterocycles. The second-order valence-electron chi connectivity index (χ2n) is 11.8. The highest BCUT2D eigenvalue weighted by Crippen LogP contribution is 2.68. The van der Waals surface area contributed by atoms with Crippen LogP contribution in [0.1, 0.15) is 66.2 Å². The SMILES string of the molecule is CCCC(=O)O[C@]1(C(=O)COC(=O)COC)CC[C@H]2[C@@H]3C[C@H](C)C4=CC(=O)C=C[C@]4(C)[C@H]3[C@@H](O)C[C@@]21C. The van der Waals surface area contributed by atoms with Gasteiger partial charge in [0.2, 0.25) is 5.78 Å². The molecule has 204 valence electrons. The highest BCUT2D eigenvalue weighted by molar-refractivity contribution is 6.01. The summed E-state index contributed by atoms with van der Waals surface area (Å²) in [5.41, 5.74) is -1.71. The molecule has 8 heteroatoms. The van der Waals surface area contributed by atoms with Gasteiger partial charge in [0.1, 0.15) is 6.61 Å². The Balaban J connectivity index is 1.71. The number of aliphatic hydroxyl groups is 1. The third kappa shape index (κ3) is 4.40. The van der Waals surface area contributed by atoms with Crippen LogP contribution in [0.4, 0.5) is 0 Å². The van der Waals surface area contributed by atoms with Crippen molar-refractivity contribution in [3.8, 4) is 0 Å². The summed E-state index contributed by atoms with van der Waals surface area (Å²) in [4.78, 5) is 50.8. The van der Waals surface area contributed by atoms with Gasteiger partial charge in [-0.1, -0.05) is 39.3 Å². The van der Waals surface area contributed by atoms with E-state index in [0.29, 0.717) is 19.3 Å². The molecule has 0 aromatic heterocycles. The molecule has 0 amide bonds. The third-order valence-corrected chi connectivity index (χ3v) is 9.76. The Bertz CT molecular complexity index is 1030. The van der Waals surface area contributed by atoms with Crippen LogP contribution < -0.4 is 0 Å². The van der Waals surface area contributed by atoms with E-state index in [1.807, 2.05) is 19.9 Å². The van der Waals surface area contributed by atoms with Crippen LogP contribution in [0.15, 0.2) is 23.8 Å². The van der Waals surface area contributed by atoms with Gasteiger partial charge in [-0.05, 0) is 62.0 Å². The van der Waals surface area contributed by atoms with Crippen molar-refractivity contribution in [3.05, 3.63) is 23.8 Å². The molecule has 37 heavy (non-hydrogen) atoms. The van der Waals surface area contributed by atoms with Crippen molar-refractivity contribution in [1.29, 1.82) is 0 Å². The molecule has 4 aliphatic carbocycles. The number of carbonyl (C=O) groups excluding carboxylic acids is 4. The average Bonchev–Trinajstić information content (AvgIpc) is 3.11. The number of hydrogen-bond donors (Lipinski definition) is 1. The van der Waals surface area contributed by atoms with Crippen LogP contribution in [-0.4, -0.2) is 60.6 Å².